The molecular weight excluding hydrogens is 460 g/mol. The van der Waals surface area contributed by atoms with Gasteiger partial charge in [0.15, 0.2) is 5.69 Å². The van der Waals surface area contributed by atoms with Crippen LogP contribution in [0.4, 0.5) is 11.5 Å². The van der Waals surface area contributed by atoms with Crippen LogP contribution in [0.2, 0.25) is 0 Å². The molecule has 1 aliphatic rings. The molecule has 0 bridgehead atoms. The molecule has 186 valence electrons. The molecule has 0 unspecified atom stereocenters. The van der Waals surface area contributed by atoms with E-state index in [2.05, 4.69) is 4.98 Å². The SMILES string of the molecule is COc1ccc2c(CC(=O)N(c3c(N)n(Cc4ccccc4)c(=O)[nH]c3=O)C3CCCC3)coc2c1. The highest BCUT2D eigenvalue weighted by Gasteiger charge is 2.33. The molecule has 0 spiro atoms. The van der Waals surface area contributed by atoms with E-state index in [1.165, 1.54) is 9.47 Å². The molecule has 2 aromatic carbocycles. The Morgan fingerprint density at radius 1 is 1.17 bits per heavy atom. The highest BCUT2D eigenvalue weighted by Crippen LogP contribution is 2.31. The van der Waals surface area contributed by atoms with Crippen LogP contribution in [0, 0.1) is 0 Å². The molecule has 5 rings (SSSR count). The molecule has 2 heterocycles. The molecule has 9 nitrogen and oxygen atoms in total. The summed E-state index contributed by atoms with van der Waals surface area (Å²) in [4.78, 5) is 43.4. The molecule has 1 saturated carbocycles. The lowest BCUT2D eigenvalue weighted by molar-refractivity contribution is -0.118. The minimum Gasteiger partial charge on any atom is -0.497 e. The molecule has 0 saturated heterocycles. The summed E-state index contributed by atoms with van der Waals surface area (Å²) in [7, 11) is 1.58. The number of hydrogen-bond acceptors (Lipinski definition) is 6. The lowest BCUT2D eigenvalue weighted by Crippen LogP contribution is -2.46. The van der Waals surface area contributed by atoms with Gasteiger partial charge >= 0.3 is 5.69 Å². The number of hydrogen-bond donors (Lipinski definition) is 2. The van der Waals surface area contributed by atoms with Crippen molar-refractivity contribution >= 4 is 28.4 Å². The summed E-state index contributed by atoms with van der Waals surface area (Å²) < 4.78 is 12.2. The number of furan rings is 1. The molecule has 0 radical (unpaired) electrons. The Hall–Kier alpha value is -4.27. The van der Waals surface area contributed by atoms with Crippen molar-refractivity contribution in [2.24, 2.45) is 0 Å². The Morgan fingerprint density at radius 3 is 2.64 bits per heavy atom. The molecule has 2 aromatic heterocycles. The van der Waals surface area contributed by atoms with E-state index in [0.29, 0.717) is 16.9 Å². The van der Waals surface area contributed by atoms with Crippen LogP contribution < -0.4 is 26.6 Å². The van der Waals surface area contributed by atoms with Crippen LogP contribution in [0.1, 0.15) is 36.8 Å². The first-order valence-electron chi connectivity index (χ1n) is 12.0. The lowest BCUT2D eigenvalue weighted by Gasteiger charge is -2.30. The minimum atomic E-state index is -0.663. The van der Waals surface area contributed by atoms with Gasteiger partial charge in [0.1, 0.15) is 17.2 Å². The number of ether oxygens (including phenoxy) is 1. The van der Waals surface area contributed by atoms with Gasteiger partial charge in [-0.1, -0.05) is 43.2 Å². The van der Waals surface area contributed by atoms with Crippen molar-refractivity contribution in [2.45, 2.75) is 44.7 Å². The molecule has 36 heavy (non-hydrogen) atoms. The molecule has 1 fully saturated rings. The van der Waals surface area contributed by atoms with Gasteiger partial charge in [0.25, 0.3) is 5.56 Å². The molecule has 0 atom stereocenters. The molecule has 1 amide bonds. The Bertz CT molecular complexity index is 1510. The van der Waals surface area contributed by atoms with Crippen molar-refractivity contribution in [1.29, 1.82) is 0 Å². The number of amides is 1. The van der Waals surface area contributed by atoms with E-state index in [-0.39, 0.29) is 36.4 Å². The summed E-state index contributed by atoms with van der Waals surface area (Å²) in [6.45, 7) is 0.177. The van der Waals surface area contributed by atoms with E-state index in [4.69, 9.17) is 14.9 Å². The minimum absolute atomic E-state index is 0.0189. The Balaban J connectivity index is 1.55. The number of aromatic amines is 1. The van der Waals surface area contributed by atoms with E-state index in [1.807, 2.05) is 42.5 Å². The Morgan fingerprint density at radius 2 is 1.92 bits per heavy atom. The predicted molar refractivity (Wildman–Crippen MR) is 137 cm³/mol. The van der Waals surface area contributed by atoms with Crippen LogP contribution in [0.25, 0.3) is 11.0 Å². The van der Waals surface area contributed by atoms with Gasteiger partial charge in [0, 0.05) is 23.1 Å². The van der Waals surface area contributed by atoms with Crippen LogP contribution in [0.3, 0.4) is 0 Å². The number of benzene rings is 2. The summed E-state index contributed by atoms with van der Waals surface area (Å²) in [5.41, 5.74) is 7.36. The maximum atomic E-state index is 13.8. The van der Waals surface area contributed by atoms with E-state index in [0.717, 1.165) is 36.6 Å². The summed E-state index contributed by atoms with van der Waals surface area (Å²) in [6, 6.07) is 14.6. The van der Waals surface area contributed by atoms with Gasteiger partial charge in [0.05, 0.1) is 26.3 Å². The predicted octanol–water partition coefficient (Wildman–Crippen LogP) is 3.44. The van der Waals surface area contributed by atoms with Crippen LogP contribution in [-0.4, -0.2) is 28.6 Å². The van der Waals surface area contributed by atoms with Gasteiger partial charge in [-0.15, -0.1) is 0 Å². The fourth-order valence-electron chi connectivity index (χ4n) is 4.98. The van der Waals surface area contributed by atoms with E-state index >= 15 is 0 Å². The molecule has 1 aliphatic carbocycles. The fraction of sp³-hybridized carbons (Fsp3) is 0.296. The van der Waals surface area contributed by atoms with E-state index < -0.39 is 11.2 Å². The fourth-order valence-corrected chi connectivity index (χ4v) is 4.98. The average Bonchev–Trinajstić information content (AvgIpc) is 3.55. The first-order valence-corrected chi connectivity index (χ1v) is 12.0. The second-order valence-corrected chi connectivity index (χ2v) is 9.07. The smallest absolute Gasteiger partial charge is 0.330 e. The second kappa shape index (κ2) is 9.77. The van der Waals surface area contributed by atoms with Crippen molar-refractivity contribution in [3.63, 3.8) is 0 Å². The third-order valence-electron chi connectivity index (χ3n) is 6.80. The van der Waals surface area contributed by atoms with Gasteiger partial charge in [0.2, 0.25) is 5.91 Å². The van der Waals surface area contributed by atoms with Gasteiger partial charge < -0.3 is 19.8 Å². The van der Waals surface area contributed by atoms with Gasteiger partial charge in [-0.05, 0) is 30.5 Å². The number of carbonyl (C=O) groups is 1. The molecule has 0 aliphatic heterocycles. The van der Waals surface area contributed by atoms with Crippen molar-refractivity contribution in [1.82, 2.24) is 9.55 Å². The summed E-state index contributed by atoms with van der Waals surface area (Å²) in [5, 5.41) is 0.798. The number of nitrogens with zero attached hydrogens (tertiary/aromatic N) is 2. The zero-order valence-corrected chi connectivity index (χ0v) is 20.0. The molecule has 4 aromatic rings. The third kappa shape index (κ3) is 4.39. The molecule has 3 N–H and O–H groups in total. The van der Waals surface area contributed by atoms with Crippen LogP contribution in [0.5, 0.6) is 5.75 Å². The first-order chi connectivity index (χ1) is 17.5. The highest BCUT2D eigenvalue weighted by atomic mass is 16.5. The van der Waals surface area contributed by atoms with E-state index in [9.17, 15) is 14.4 Å². The topological polar surface area (TPSA) is 124 Å². The van der Waals surface area contributed by atoms with Crippen molar-refractivity contribution in [3.05, 3.63) is 86.8 Å². The number of anilines is 2. The monoisotopic (exact) mass is 488 g/mol. The molecular formula is C27H28N4O5. The number of fused-ring (bicyclic) bond motifs is 1. The van der Waals surface area contributed by atoms with Crippen LogP contribution in [-0.2, 0) is 17.8 Å². The second-order valence-electron chi connectivity index (χ2n) is 9.07. The number of nitrogens with one attached hydrogen (secondary N) is 1. The van der Waals surface area contributed by atoms with Gasteiger partial charge in [-0.3, -0.25) is 19.1 Å². The summed E-state index contributed by atoms with van der Waals surface area (Å²) in [5.74, 6) is 0.361. The highest BCUT2D eigenvalue weighted by molar-refractivity contribution is 5.99. The maximum absolute atomic E-state index is 13.8. The van der Waals surface area contributed by atoms with Crippen molar-refractivity contribution in [3.8, 4) is 5.75 Å². The largest absolute Gasteiger partial charge is 0.497 e. The quantitative estimate of drug-likeness (QED) is 0.411. The normalized spacial score (nSPS) is 13.8. The first kappa shape index (κ1) is 23.5. The standard InChI is InChI=1S/C27H28N4O5/c1-35-20-11-12-21-18(16-36-22(21)14-20)13-23(32)31(19-9-5-6-10-19)24-25(28)30(27(34)29-26(24)33)15-17-7-3-2-4-8-17/h2-4,7-8,11-12,14,16,19H,5-6,9-10,13,15,28H2,1H3,(H,29,33,34). The summed E-state index contributed by atoms with van der Waals surface area (Å²) >= 11 is 0. The Kier molecular flexibility index (Phi) is 6.37. The summed E-state index contributed by atoms with van der Waals surface area (Å²) in [6.07, 6.45) is 4.98. The van der Waals surface area contributed by atoms with Gasteiger partial charge in [-0.25, -0.2) is 4.79 Å². The van der Waals surface area contributed by atoms with Crippen molar-refractivity contribution < 1.29 is 13.9 Å². The lowest BCUT2D eigenvalue weighted by atomic mass is 10.1. The number of H-pyrrole nitrogens is 1. The van der Waals surface area contributed by atoms with Crippen LogP contribution in [0.15, 0.2) is 68.8 Å². The number of methoxy groups -OCH3 is 1. The number of rotatable bonds is 7. The number of aromatic nitrogens is 2. The van der Waals surface area contributed by atoms with Gasteiger partial charge in [-0.2, -0.15) is 0 Å². The zero-order valence-electron chi connectivity index (χ0n) is 20.0. The Labute approximate surface area is 207 Å². The van der Waals surface area contributed by atoms with Crippen molar-refractivity contribution in [2.75, 3.05) is 17.7 Å². The maximum Gasteiger partial charge on any atom is 0.330 e. The molecule has 9 heteroatoms. The zero-order chi connectivity index (χ0) is 25.2. The van der Waals surface area contributed by atoms with Crippen LogP contribution >= 0.6 is 0 Å². The third-order valence-corrected chi connectivity index (χ3v) is 6.80. The van der Waals surface area contributed by atoms with E-state index in [1.54, 1.807) is 19.4 Å². The number of carbonyl (C=O) groups excluding carboxylic acids is 1. The average molecular weight is 489 g/mol. The number of nitrogen functional groups attached to an aromatic ring is 1. The number of nitrogens with two attached hydrogens (primary N) is 1.